The number of amides is 2. The maximum atomic E-state index is 12.0. The minimum absolute atomic E-state index is 0.0444. The lowest BCUT2D eigenvalue weighted by molar-refractivity contribution is -0.132. The van der Waals surface area contributed by atoms with Crippen molar-refractivity contribution in [1.29, 1.82) is 0 Å². The number of para-hydroxylation sites is 1. The SMILES string of the molecule is CC(C)C(CNC(=O)CN1CSCC1=O)Nc1ccccc1. The largest absolute Gasteiger partial charge is 0.380 e. The fraction of sp³-hybridized carbons (Fsp3) is 0.500. The Balaban J connectivity index is 1.81. The summed E-state index contributed by atoms with van der Waals surface area (Å²) in [6.45, 7) is 4.93. The summed E-state index contributed by atoms with van der Waals surface area (Å²) in [6.07, 6.45) is 0. The summed E-state index contributed by atoms with van der Waals surface area (Å²) < 4.78 is 0. The van der Waals surface area contributed by atoms with Crippen LogP contribution in [0.5, 0.6) is 0 Å². The highest BCUT2D eigenvalue weighted by molar-refractivity contribution is 8.00. The Morgan fingerprint density at radius 3 is 2.64 bits per heavy atom. The van der Waals surface area contributed by atoms with E-state index >= 15 is 0 Å². The molecule has 0 aliphatic carbocycles. The number of anilines is 1. The molecule has 5 nitrogen and oxygen atoms in total. The molecule has 1 heterocycles. The van der Waals surface area contributed by atoms with Crippen molar-refractivity contribution >= 4 is 29.3 Å². The molecule has 22 heavy (non-hydrogen) atoms. The second-order valence-corrected chi connectivity index (χ2v) is 6.69. The number of carbonyl (C=O) groups is 2. The normalized spacial score (nSPS) is 16.0. The molecule has 2 amide bonds. The lowest BCUT2D eigenvalue weighted by atomic mass is 10.0. The van der Waals surface area contributed by atoms with Crippen LogP contribution in [0.2, 0.25) is 0 Å². The van der Waals surface area contributed by atoms with Gasteiger partial charge in [0.2, 0.25) is 11.8 Å². The van der Waals surface area contributed by atoms with Gasteiger partial charge < -0.3 is 15.5 Å². The van der Waals surface area contributed by atoms with Gasteiger partial charge in [0.15, 0.2) is 0 Å². The molecule has 0 bridgehead atoms. The average Bonchev–Trinajstić information content (AvgIpc) is 2.89. The van der Waals surface area contributed by atoms with Crippen LogP contribution in [0.15, 0.2) is 30.3 Å². The van der Waals surface area contributed by atoms with E-state index in [4.69, 9.17) is 0 Å². The highest BCUT2D eigenvalue weighted by Gasteiger charge is 2.23. The smallest absolute Gasteiger partial charge is 0.239 e. The van der Waals surface area contributed by atoms with E-state index in [9.17, 15) is 9.59 Å². The van der Waals surface area contributed by atoms with Crippen LogP contribution in [0, 0.1) is 5.92 Å². The van der Waals surface area contributed by atoms with Crippen molar-refractivity contribution in [1.82, 2.24) is 10.2 Å². The van der Waals surface area contributed by atoms with Crippen molar-refractivity contribution < 1.29 is 9.59 Å². The molecule has 1 aliphatic rings. The van der Waals surface area contributed by atoms with E-state index < -0.39 is 0 Å². The van der Waals surface area contributed by atoms with Crippen LogP contribution in [0.25, 0.3) is 0 Å². The Kier molecular flexibility index (Phi) is 6.12. The summed E-state index contributed by atoms with van der Waals surface area (Å²) >= 11 is 1.55. The third-order valence-corrected chi connectivity index (χ3v) is 4.55. The van der Waals surface area contributed by atoms with Gasteiger partial charge in [0.1, 0.15) is 6.54 Å². The molecule has 1 fully saturated rings. The molecule has 1 atom stereocenters. The van der Waals surface area contributed by atoms with Gasteiger partial charge in [0.05, 0.1) is 11.6 Å². The molecule has 2 N–H and O–H groups in total. The maximum Gasteiger partial charge on any atom is 0.239 e. The molecule has 0 saturated carbocycles. The molecule has 1 aromatic carbocycles. The predicted molar refractivity (Wildman–Crippen MR) is 90.7 cm³/mol. The Hall–Kier alpha value is -1.69. The zero-order valence-electron chi connectivity index (χ0n) is 13.0. The first kappa shape index (κ1) is 16.7. The topological polar surface area (TPSA) is 61.4 Å². The Morgan fingerprint density at radius 2 is 2.05 bits per heavy atom. The van der Waals surface area contributed by atoms with Gasteiger partial charge in [-0.05, 0) is 18.1 Å². The Bertz CT molecular complexity index is 507. The predicted octanol–water partition coefficient (Wildman–Crippen LogP) is 1.77. The van der Waals surface area contributed by atoms with Crippen LogP contribution >= 0.6 is 11.8 Å². The summed E-state index contributed by atoms with van der Waals surface area (Å²) in [5.74, 6) is 1.42. The van der Waals surface area contributed by atoms with Crippen LogP contribution in [0.1, 0.15) is 13.8 Å². The van der Waals surface area contributed by atoms with E-state index in [1.807, 2.05) is 30.3 Å². The first-order valence-electron chi connectivity index (χ1n) is 7.50. The fourth-order valence-corrected chi connectivity index (χ4v) is 3.10. The van der Waals surface area contributed by atoms with Crippen LogP contribution in [0.4, 0.5) is 5.69 Å². The maximum absolute atomic E-state index is 12.0. The number of nitrogens with one attached hydrogen (secondary N) is 2. The Morgan fingerprint density at radius 1 is 1.32 bits per heavy atom. The van der Waals surface area contributed by atoms with E-state index in [2.05, 4.69) is 24.5 Å². The van der Waals surface area contributed by atoms with Gasteiger partial charge in [-0.15, -0.1) is 11.8 Å². The van der Waals surface area contributed by atoms with Gasteiger partial charge in [0.25, 0.3) is 0 Å². The molecule has 0 radical (unpaired) electrons. The highest BCUT2D eigenvalue weighted by Crippen LogP contribution is 2.14. The number of benzene rings is 1. The zero-order valence-corrected chi connectivity index (χ0v) is 13.9. The number of carbonyl (C=O) groups excluding carboxylic acids is 2. The minimum Gasteiger partial charge on any atom is -0.380 e. The van der Waals surface area contributed by atoms with Gasteiger partial charge in [-0.3, -0.25) is 9.59 Å². The third kappa shape index (κ3) is 4.94. The highest BCUT2D eigenvalue weighted by atomic mass is 32.2. The number of thioether (sulfide) groups is 1. The van der Waals surface area contributed by atoms with Gasteiger partial charge in [-0.1, -0.05) is 32.0 Å². The molecule has 1 unspecified atom stereocenters. The second kappa shape index (κ2) is 8.08. The van der Waals surface area contributed by atoms with Crippen molar-refractivity contribution in [2.24, 2.45) is 5.92 Å². The number of hydrogen-bond acceptors (Lipinski definition) is 4. The molecule has 1 aromatic rings. The molecule has 0 aromatic heterocycles. The summed E-state index contributed by atoms with van der Waals surface area (Å²) in [5.41, 5.74) is 1.04. The van der Waals surface area contributed by atoms with E-state index in [0.717, 1.165) is 5.69 Å². The standard InChI is InChI=1S/C16H23N3O2S/c1-12(2)14(18-13-6-4-3-5-7-13)8-17-15(20)9-19-11-22-10-16(19)21/h3-7,12,14,18H,8-11H2,1-2H3,(H,17,20). The molecular formula is C16H23N3O2S. The lowest BCUT2D eigenvalue weighted by Gasteiger charge is -2.24. The molecule has 6 heteroatoms. The summed E-state index contributed by atoms with van der Waals surface area (Å²) in [5, 5.41) is 6.36. The van der Waals surface area contributed by atoms with Gasteiger partial charge in [-0.25, -0.2) is 0 Å². The van der Waals surface area contributed by atoms with Crippen molar-refractivity contribution in [3.05, 3.63) is 30.3 Å². The molecule has 2 rings (SSSR count). The first-order valence-corrected chi connectivity index (χ1v) is 8.65. The van der Waals surface area contributed by atoms with Crippen LogP contribution in [-0.2, 0) is 9.59 Å². The van der Waals surface area contributed by atoms with Gasteiger partial charge >= 0.3 is 0 Å². The fourth-order valence-electron chi connectivity index (χ4n) is 2.20. The van der Waals surface area contributed by atoms with E-state index in [1.165, 1.54) is 0 Å². The quantitative estimate of drug-likeness (QED) is 0.803. The summed E-state index contributed by atoms with van der Waals surface area (Å²) in [7, 11) is 0. The lowest BCUT2D eigenvalue weighted by Crippen LogP contribution is -2.44. The second-order valence-electron chi connectivity index (χ2n) is 5.73. The monoisotopic (exact) mass is 321 g/mol. The molecule has 0 spiro atoms. The first-order chi connectivity index (χ1) is 10.6. The van der Waals surface area contributed by atoms with Crippen molar-refractivity contribution in [3.63, 3.8) is 0 Å². The number of rotatable bonds is 7. The molecule has 120 valence electrons. The van der Waals surface area contributed by atoms with E-state index in [0.29, 0.717) is 24.1 Å². The summed E-state index contributed by atoms with van der Waals surface area (Å²) in [4.78, 5) is 25.1. The van der Waals surface area contributed by atoms with Crippen molar-refractivity contribution in [2.45, 2.75) is 19.9 Å². The van der Waals surface area contributed by atoms with Gasteiger partial charge in [-0.2, -0.15) is 0 Å². The average molecular weight is 321 g/mol. The minimum atomic E-state index is -0.101. The van der Waals surface area contributed by atoms with Gasteiger partial charge in [0, 0.05) is 18.3 Å². The molecular weight excluding hydrogens is 298 g/mol. The van der Waals surface area contributed by atoms with Crippen molar-refractivity contribution in [3.8, 4) is 0 Å². The number of nitrogens with zero attached hydrogens (tertiary/aromatic N) is 1. The van der Waals surface area contributed by atoms with Crippen LogP contribution in [0.3, 0.4) is 0 Å². The van der Waals surface area contributed by atoms with Crippen molar-refractivity contribution in [2.75, 3.05) is 30.0 Å². The Labute approximate surface area is 135 Å². The van der Waals surface area contributed by atoms with E-state index in [1.54, 1.807) is 16.7 Å². The summed E-state index contributed by atoms with van der Waals surface area (Å²) in [6, 6.07) is 10.1. The molecule has 1 saturated heterocycles. The number of hydrogen-bond donors (Lipinski definition) is 2. The molecule has 1 aliphatic heterocycles. The zero-order chi connectivity index (χ0) is 15.9. The van der Waals surface area contributed by atoms with E-state index in [-0.39, 0.29) is 24.4 Å². The van der Waals surface area contributed by atoms with Crippen LogP contribution in [-0.4, -0.2) is 47.5 Å². The van der Waals surface area contributed by atoms with Crippen LogP contribution < -0.4 is 10.6 Å². The third-order valence-electron chi connectivity index (χ3n) is 3.61.